The number of aldehydes is 1. The lowest BCUT2D eigenvalue weighted by Crippen LogP contribution is -2.14. The maximum atomic E-state index is 10.9. The van der Waals surface area contributed by atoms with Crippen molar-refractivity contribution < 1.29 is 9.53 Å². The van der Waals surface area contributed by atoms with Crippen LogP contribution in [0.5, 0.6) is 5.75 Å². The lowest BCUT2D eigenvalue weighted by Gasteiger charge is -2.25. The van der Waals surface area contributed by atoms with Crippen LogP contribution >= 0.6 is 0 Å². The molecule has 2 rings (SSSR count). The normalized spacial score (nSPS) is 15.6. The SMILES string of the molecule is Cc1ccc(OCCC2CCC2)c(C=O)c1. The molecule has 0 unspecified atom stereocenters. The van der Waals surface area contributed by atoms with Gasteiger partial charge >= 0.3 is 0 Å². The van der Waals surface area contributed by atoms with Crippen molar-refractivity contribution in [3.8, 4) is 5.75 Å². The van der Waals surface area contributed by atoms with E-state index in [1.54, 1.807) is 0 Å². The zero-order valence-electron chi connectivity index (χ0n) is 9.74. The highest BCUT2D eigenvalue weighted by molar-refractivity contribution is 5.79. The van der Waals surface area contributed by atoms with Crippen LogP contribution in [0.2, 0.25) is 0 Å². The maximum Gasteiger partial charge on any atom is 0.153 e. The summed E-state index contributed by atoms with van der Waals surface area (Å²) in [5, 5.41) is 0. The van der Waals surface area contributed by atoms with Crippen LogP contribution in [0.25, 0.3) is 0 Å². The van der Waals surface area contributed by atoms with Crippen molar-refractivity contribution in [1.29, 1.82) is 0 Å². The molecule has 0 aliphatic heterocycles. The molecule has 1 aromatic carbocycles. The molecule has 16 heavy (non-hydrogen) atoms. The van der Waals surface area contributed by atoms with E-state index in [4.69, 9.17) is 4.74 Å². The van der Waals surface area contributed by atoms with E-state index in [1.807, 2.05) is 25.1 Å². The van der Waals surface area contributed by atoms with Gasteiger partial charge in [-0.15, -0.1) is 0 Å². The first-order valence-corrected chi connectivity index (χ1v) is 5.98. The molecule has 0 heterocycles. The summed E-state index contributed by atoms with van der Waals surface area (Å²) >= 11 is 0. The molecule has 0 saturated heterocycles. The maximum absolute atomic E-state index is 10.9. The highest BCUT2D eigenvalue weighted by Crippen LogP contribution is 2.29. The van der Waals surface area contributed by atoms with Gasteiger partial charge in [0.05, 0.1) is 12.2 Å². The molecule has 0 aromatic heterocycles. The minimum atomic E-state index is 0.661. The Morgan fingerprint density at radius 3 is 2.88 bits per heavy atom. The molecule has 0 bridgehead atoms. The monoisotopic (exact) mass is 218 g/mol. The van der Waals surface area contributed by atoms with Crippen molar-refractivity contribution in [3.05, 3.63) is 29.3 Å². The van der Waals surface area contributed by atoms with Gasteiger partial charge in [0.15, 0.2) is 6.29 Å². The molecule has 0 amide bonds. The van der Waals surface area contributed by atoms with Crippen molar-refractivity contribution in [2.24, 2.45) is 5.92 Å². The lowest BCUT2D eigenvalue weighted by atomic mass is 9.83. The van der Waals surface area contributed by atoms with E-state index in [0.717, 1.165) is 36.5 Å². The molecule has 1 aliphatic carbocycles. The van der Waals surface area contributed by atoms with Crippen LogP contribution in [0.4, 0.5) is 0 Å². The van der Waals surface area contributed by atoms with Crippen LogP contribution < -0.4 is 4.74 Å². The predicted octanol–water partition coefficient (Wildman–Crippen LogP) is 3.38. The van der Waals surface area contributed by atoms with Gasteiger partial charge in [0.2, 0.25) is 0 Å². The molecule has 1 fully saturated rings. The van der Waals surface area contributed by atoms with Gasteiger partial charge in [0.1, 0.15) is 5.75 Å². The van der Waals surface area contributed by atoms with Crippen LogP contribution in [0.15, 0.2) is 18.2 Å². The quantitative estimate of drug-likeness (QED) is 0.708. The second-order valence-corrected chi connectivity index (χ2v) is 4.59. The van der Waals surface area contributed by atoms with Crippen molar-refractivity contribution in [1.82, 2.24) is 0 Å². The van der Waals surface area contributed by atoms with Crippen LogP contribution in [0.3, 0.4) is 0 Å². The summed E-state index contributed by atoms with van der Waals surface area (Å²) < 4.78 is 5.66. The second-order valence-electron chi connectivity index (χ2n) is 4.59. The second kappa shape index (κ2) is 5.15. The van der Waals surface area contributed by atoms with Gasteiger partial charge < -0.3 is 4.74 Å². The third-order valence-electron chi connectivity index (χ3n) is 3.30. The molecule has 0 spiro atoms. The third-order valence-corrected chi connectivity index (χ3v) is 3.30. The van der Waals surface area contributed by atoms with E-state index >= 15 is 0 Å². The summed E-state index contributed by atoms with van der Waals surface area (Å²) in [4.78, 5) is 10.9. The first kappa shape index (κ1) is 11.2. The molecule has 86 valence electrons. The van der Waals surface area contributed by atoms with E-state index in [9.17, 15) is 4.79 Å². The molecule has 0 radical (unpaired) electrons. The molecule has 1 aliphatic rings. The Morgan fingerprint density at radius 2 is 2.25 bits per heavy atom. The van der Waals surface area contributed by atoms with Crippen molar-refractivity contribution in [2.75, 3.05) is 6.61 Å². The number of hydrogen-bond donors (Lipinski definition) is 0. The average molecular weight is 218 g/mol. The van der Waals surface area contributed by atoms with Crippen molar-refractivity contribution >= 4 is 6.29 Å². The molecule has 1 aromatic rings. The Hall–Kier alpha value is -1.31. The van der Waals surface area contributed by atoms with E-state index in [2.05, 4.69) is 0 Å². The molecule has 2 nitrogen and oxygen atoms in total. The van der Waals surface area contributed by atoms with Crippen LogP contribution in [-0.4, -0.2) is 12.9 Å². The van der Waals surface area contributed by atoms with E-state index in [0.29, 0.717) is 5.56 Å². The van der Waals surface area contributed by atoms with Crippen LogP contribution in [0.1, 0.15) is 41.6 Å². The zero-order chi connectivity index (χ0) is 11.4. The first-order valence-electron chi connectivity index (χ1n) is 5.98. The van der Waals surface area contributed by atoms with Crippen LogP contribution in [0, 0.1) is 12.8 Å². The number of ether oxygens (including phenoxy) is 1. The summed E-state index contributed by atoms with van der Waals surface area (Å²) in [6.07, 6.45) is 6.04. The number of benzene rings is 1. The molecule has 0 atom stereocenters. The standard InChI is InChI=1S/C14H18O2/c1-11-5-6-14(13(9-11)10-15)16-8-7-12-3-2-4-12/h5-6,9-10,12H,2-4,7-8H2,1H3. The van der Waals surface area contributed by atoms with Gasteiger partial charge in [-0.3, -0.25) is 4.79 Å². The molecule has 0 N–H and O–H groups in total. The summed E-state index contributed by atoms with van der Waals surface area (Å²) in [7, 11) is 0. The molecule has 2 heteroatoms. The number of carbonyl (C=O) groups excluding carboxylic acids is 1. The molecular formula is C14H18O2. The van der Waals surface area contributed by atoms with Crippen LogP contribution in [-0.2, 0) is 0 Å². The van der Waals surface area contributed by atoms with Gasteiger partial charge in [0.25, 0.3) is 0 Å². The molecule has 1 saturated carbocycles. The largest absolute Gasteiger partial charge is 0.493 e. The number of hydrogen-bond acceptors (Lipinski definition) is 2. The Morgan fingerprint density at radius 1 is 1.44 bits per heavy atom. The zero-order valence-corrected chi connectivity index (χ0v) is 9.74. The van der Waals surface area contributed by atoms with E-state index in [-0.39, 0.29) is 0 Å². The molecular weight excluding hydrogens is 200 g/mol. The third kappa shape index (κ3) is 2.63. The average Bonchev–Trinajstić information content (AvgIpc) is 2.23. The summed E-state index contributed by atoms with van der Waals surface area (Å²) in [5.74, 6) is 1.57. The fourth-order valence-electron chi connectivity index (χ4n) is 2.01. The van der Waals surface area contributed by atoms with Gasteiger partial charge in [-0.2, -0.15) is 0 Å². The number of aryl methyl sites for hydroxylation is 1. The van der Waals surface area contributed by atoms with Crippen molar-refractivity contribution in [3.63, 3.8) is 0 Å². The Balaban J connectivity index is 1.89. The highest BCUT2D eigenvalue weighted by Gasteiger charge is 2.17. The fourth-order valence-corrected chi connectivity index (χ4v) is 2.01. The van der Waals surface area contributed by atoms with Gasteiger partial charge in [0, 0.05) is 0 Å². The first-order chi connectivity index (χ1) is 7.79. The van der Waals surface area contributed by atoms with Gasteiger partial charge in [-0.25, -0.2) is 0 Å². The lowest BCUT2D eigenvalue weighted by molar-refractivity contribution is 0.111. The fraction of sp³-hybridized carbons (Fsp3) is 0.500. The Labute approximate surface area is 96.6 Å². The van der Waals surface area contributed by atoms with Gasteiger partial charge in [-0.05, 0) is 31.4 Å². The highest BCUT2D eigenvalue weighted by atomic mass is 16.5. The van der Waals surface area contributed by atoms with Crippen molar-refractivity contribution in [2.45, 2.75) is 32.6 Å². The summed E-state index contributed by atoms with van der Waals surface area (Å²) in [5.41, 5.74) is 1.75. The van der Waals surface area contributed by atoms with E-state index < -0.39 is 0 Å². The topological polar surface area (TPSA) is 26.3 Å². The Bertz CT molecular complexity index is 367. The number of rotatable bonds is 5. The number of carbonyl (C=O) groups is 1. The Kier molecular flexibility index (Phi) is 3.60. The smallest absolute Gasteiger partial charge is 0.153 e. The summed E-state index contributed by atoms with van der Waals surface area (Å²) in [6, 6.07) is 5.73. The minimum Gasteiger partial charge on any atom is -0.493 e. The summed E-state index contributed by atoms with van der Waals surface area (Å²) in [6.45, 7) is 2.71. The van der Waals surface area contributed by atoms with E-state index in [1.165, 1.54) is 19.3 Å². The van der Waals surface area contributed by atoms with Gasteiger partial charge in [-0.1, -0.05) is 30.9 Å². The predicted molar refractivity (Wildman–Crippen MR) is 64.0 cm³/mol. The minimum absolute atomic E-state index is 0.661.